The summed E-state index contributed by atoms with van der Waals surface area (Å²) in [6.07, 6.45) is 3.81. The number of likely N-dealkylation sites (N-methyl/N-ethyl adjacent to an activating group) is 1. The maximum absolute atomic E-state index is 5.46. The highest BCUT2D eigenvalue weighted by Crippen LogP contribution is 2.35. The minimum Gasteiger partial charge on any atom is -0.496 e. The van der Waals surface area contributed by atoms with Gasteiger partial charge >= 0.3 is 0 Å². The van der Waals surface area contributed by atoms with Gasteiger partial charge in [-0.2, -0.15) is 0 Å². The van der Waals surface area contributed by atoms with E-state index in [1.165, 1.54) is 30.6 Å². The van der Waals surface area contributed by atoms with Gasteiger partial charge in [-0.3, -0.25) is 0 Å². The molecule has 98 valence electrons. The molecule has 0 saturated carbocycles. The van der Waals surface area contributed by atoms with Crippen molar-refractivity contribution < 1.29 is 4.74 Å². The van der Waals surface area contributed by atoms with Crippen LogP contribution in [0.5, 0.6) is 5.75 Å². The van der Waals surface area contributed by atoms with E-state index in [2.05, 4.69) is 35.0 Å². The molecule has 2 aliphatic rings. The third kappa shape index (κ3) is 1.97. The van der Waals surface area contributed by atoms with E-state index in [-0.39, 0.29) is 0 Å². The van der Waals surface area contributed by atoms with Crippen molar-refractivity contribution in [1.29, 1.82) is 0 Å². The molecule has 0 aromatic heterocycles. The summed E-state index contributed by atoms with van der Waals surface area (Å²) in [5.41, 5.74) is 2.77. The number of fused-ring (bicyclic) bond motifs is 1. The molecule has 1 saturated heterocycles. The number of rotatable bonds is 3. The highest BCUT2D eigenvalue weighted by molar-refractivity contribution is 5.63. The van der Waals surface area contributed by atoms with Crippen LogP contribution in [-0.4, -0.2) is 44.7 Å². The van der Waals surface area contributed by atoms with Crippen LogP contribution in [0.15, 0.2) is 18.2 Å². The van der Waals surface area contributed by atoms with Crippen LogP contribution in [0.3, 0.4) is 0 Å². The highest BCUT2D eigenvalue weighted by Gasteiger charge is 2.28. The van der Waals surface area contributed by atoms with E-state index in [9.17, 15) is 0 Å². The average molecular weight is 246 g/mol. The van der Waals surface area contributed by atoms with Crippen LogP contribution in [0, 0.1) is 0 Å². The second-order valence-electron chi connectivity index (χ2n) is 5.43. The molecule has 0 amide bonds. The molecule has 3 nitrogen and oxygen atoms in total. The lowest BCUT2D eigenvalue weighted by molar-refractivity contribution is 0.313. The Balaban J connectivity index is 1.78. The van der Waals surface area contributed by atoms with Gasteiger partial charge in [-0.05, 0) is 45.0 Å². The molecule has 0 bridgehead atoms. The second kappa shape index (κ2) is 4.81. The Hall–Kier alpha value is -1.22. The number of benzene rings is 1. The van der Waals surface area contributed by atoms with Crippen molar-refractivity contribution in [2.45, 2.75) is 25.3 Å². The van der Waals surface area contributed by atoms with Crippen LogP contribution in [0.25, 0.3) is 0 Å². The fourth-order valence-electron chi connectivity index (χ4n) is 3.31. The number of ether oxygens (including phenoxy) is 1. The van der Waals surface area contributed by atoms with E-state index < -0.39 is 0 Å². The van der Waals surface area contributed by atoms with Crippen molar-refractivity contribution in [3.63, 3.8) is 0 Å². The van der Waals surface area contributed by atoms with E-state index in [4.69, 9.17) is 4.74 Å². The molecule has 1 fully saturated rings. The summed E-state index contributed by atoms with van der Waals surface area (Å²) in [5, 5.41) is 0. The van der Waals surface area contributed by atoms with E-state index in [1.807, 2.05) is 0 Å². The number of likely N-dealkylation sites (tertiary alicyclic amines) is 1. The molecule has 3 heteroatoms. The minimum atomic E-state index is 0.724. The number of anilines is 1. The first-order valence-electron chi connectivity index (χ1n) is 6.90. The largest absolute Gasteiger partial charge is 0.496 e. The van der Waals surface area contributed by atoms with Crippen molar-refractivity contribution in [3.8, 4) is 5.75 Å². The van der Waals surface area contributed by atoms with Gasteiger partial charge in [0, 0.05) is 30.4 Å². The molecule has 18 heavy (non-hydrogen) atoms. The van der Waals surface area contributed by atoms with Crippen LogP contribution in [0.1, 0.15) is 18.4 Å². The van der Waals surface area contributed by atoms with Crippen LogP contribution in [-0.2, 0) is 6.42 Å². The van der Waals surface area contributed by atoms with Crippen LogP contribution in [0.4, 0.5) is 5.69 Å². The summed E-state index contributed by atoms with van der Waals surface area (Å²) in [6, 6.07) is 7.14. The Morgan fingerprint density at radius 2 is 2.22 bits per heavy atom. The molecule has 1 aromatic rings. The SMILES string of the molecule is COc1cccc2c1CCN2C[C@@H]1CCCN1C. The number of hydrogen-bond acceptors (Lipinski definition) is 3. The standard InChI is InChI=1S/C15H22N2O/c1-16-9-4-5-12(16)11-17-10-8-13-14(17)6-3-7-15(13)18-2/h3,6-7,12H,4-5,8-11H2,1-2H3/t12-/m0/s1. The summed E-state index contributed by atoms with van der Waals surface area (Å²) in [4.78, 5) is 5.03. The van der Waals surface area contributed by atoms with Crippen molar-refractivity contribution in [2.75, 3.05) is 38.7 Å². The molecule has 0 aliphatic carbocycles. The van der Waals surface area contributed by atoms with Gasteiger partial charge in [0.25, 0.3) is 0 Å². The summed E-state index contributed by atoms with van der Waals surface area (Å²) in [7, 11) is 4.02. The molecular formula is C15H22N2O. The molecule has 0 spiro atoms. The lowest BCUT2D eigenvalue weighted by Crippen LogP contribution is -2.37. The normalized spacial score (nSPS) is 23.4. The van der Waals surface area contributed by atoms with Gasteiger partial charge < -0.3 is 14.5 Å². The maximum atomic E-state index is 5.46. The van der Waals surface area contributed by atoms with Gasteiger partial charge in [-0.1, -0.05) is 6.07 Å². The molecule has 0 unspecified atom stereocenters. The quantitative estimate of drug-likeness (QED) is 0.813. The monoisotopic (exact) mass is 246 g/mol. The third-order valence-electron chi connectivity index (χ3n) is 4.40. The Morgan fingerprint density at radius 3 is 2.94 bits per heavy atom. The Labute approximate surface area is 109 Å². The molecule has 0 radical (unpaired) electrons. The average Bonchev–Trinajstić information content (AvgIpc) is 2.97. The Morgan fingerprint density at radius 1 is 1.33 bits per heavy atom. The lowest BCUT2D eigenvalue weighted by atomic mass is 10.1. The van der Waals surface area contributed by atoms with Gasteiger partial charge in [0.1, 0.15) is 5.75 Å². The van der Waals surface area contributed by atoms with E-state index >= 15 is 0 Å². The highest BCUT2D eigenvalue weighted by atomic mass is 16.5. The van der Waals surface area contributed by atoms with Gasteiger partial charge in [0.05, 0.1) is 7.11 Å². The van der Waals surface area contributed by atoms with Crippen molar-refractivity contribution >= 4 is 5.69 Å². The molecule has 1 aromatic carbocycles. The predicted molar refractivity (Wildman–Crippen MR) is 74.6 cm³/mol. The first kappa shape index (κ1) is 11.8. The summed E-state index contributed by atoms with van der Waals surface area (Å²) in [5.74, 6) is 1.05. The van der Waals surface area contributed by atoms with Gasteiger partial charge in [-0.25, -0.2) is 0 Å². The first-order valence-corrected chi connectivity index (χ1v) is 6.90. The molecule has 0 N–H and O–H groups in total. The molecular weight excluding hydrogens is 224 g/mol. The molecule has 2 heterocycles. The van der Waals surface area contributed by atoms with Crippen molar-refractivity contribution in [3.05, 3.63) is 23.8 Å². The Bertz CT molecular complexity index is 433. The van der Waals surface area contributed by atoms with Gasteiger partial charge in [0.2, 0.25) is 0 Å². The fraction of sp³-hybridized carbons (Fsp3) is 0.600. The molecule has 1 atom stereocenters. The third-order valence-corrected chi connectivity index (χ3v) is 4.40. The zero-order valence-electron chi connectivity index (χ0n) is 11.4. The van der Waals surface area contributed by atoms with Crippen molar-refractivity contribution in [2.24, 2.45) is 0 Å². The maximum Gasteiger partial charge on any atom is 0.124 e. The second-order valence-corrected chi connectivity index (χ2v) is 5.43. The topological polar surface area (TPSA) is 15.7 Å². The zero-order valence-corrected chi connectivity index (χ0v) is 11.4. The summed E-state index contributed by atoms with van der Waals surface area (Å²) >= 11 is 0. The van der Waals surface area contributed by atoms with Crippen LogP contribution < -0.4 is 9.64 Å². The van der Waals surface area contributed by atoms with E-state index in [0.29, 0.717) is 0 Å². The number of nitrogens with zero attached hydrogens (tertiary/aromatic N) is 2. The fourth-order valence-corrected chi connectivity index (χ4v) is 3.31. The number of hydrogen-bond donors (Lipinski definition) is 0. The van der Waals surface area contributed by atoms with Gasteiger partial charge in [-0.15, -0.1) is 0 Å². The van der Waals surface area contributed by atoms with Crippen LogP contribution >= 0.6 is 0 Å². The first-order chi connectivity index (χ1) is 8.79. The smallest absolute Gasteiger partial charge is 0.124 e. The van der Waals surface area contributed by atoms with E-state index in [0.717, 1.165) is 31.3 Å². The number of methoxy groups -OCH3 is 1. The minimum absolute atomic E-state index is 0.724. The summed E-state index contributed by atoms with van der Waals surface area (Å²) in [6.45, 7) is 3.56. The van der Waals surface area contributed by atoms with Crippen molar-refractivity contribution in [1.82, 2.24) is 4.90 Å². The molecule has 2 aliphatic heterocycles. The Kier molecular flexibility index (Phi) is 3.16. The predicted octanol–water partition coefficient (Wildman–Crippen LogP) is 2.15. The van der Waals surface area contributed by atoms with E-state index in [1.54, 1.807) is 7.11 Å². The molecule has 3 rings (SSSR count). The van der Waals surface area contributed by atoms with Crippen LogP contribution in [0.2, 0.25) is 0 Å². The lowest BCUT2D eigenvalue weighted by Gasteiger charge is -2.27. The summed E-state index contributed by atoms with van der Waals surface area (Å²) < 4.78 is 5.46. The van der Waals surface area contributed by atoms with Gasteiger partial charge in [0.15, 0.2) is 0 Å². The zero-order chi connectivity index (χ0) is 12.5.